The minimum absolute atomic E-state index is 0.186. The zero-order valence-electron chi connectivity index (χ0n) is 45.4. The standard InChI is InChI=1S/C58H95NO18/c1-3-5-7-9-11-13-15-17-18-19-20-21-22-24-26-28-30-32-34-36-46(64)59-41(42(63)35-33-31-29-27-25-23-16-14-12-10-8-6-4-2)40-72-56-52(70)49(67)54(44(38-61)74-56)77-58-53(71)50(68)55(45(39-62)75-58)76-57-51(69)48(66)47(65)43(37-60)73-57/h5,7,11-14,17-18,20-21,24-27,33,35,41-45,47-58,60-63,65-71H,3-4,6,8-10,15-16,19,22-23,28-32,34,36-40H2,1-2H3,(H,59,64)/b7-5-,13-11-,14-12+,18-17-,21-20-,26-24-,27-25+,35-33+. The van der Waals surface area contributed by atoms with E-state index in [0.29, 0.717) is 12.8 Å². The summed E-state index contributed by atoms with van der Waals surface area (Å²) in [5.74, 6) is -0.328. The number of hydrogen-bond acceptors (Lipinski definition) is 18. The zero-order valence-corrected chi connectivity index (χ0v) is 45.4. The highest BCUT2D eigenvalue weighted by molar-refractivity contribution is 5.76. The molecule has 3 aliphatic rings. The van der Waals surface area contributed by atoms with Gasteiger partial charge in [0.1, 0.15) is 73.2 Å². The first kappa shape index (κ1) is 68.0. The van der Waals surface area contributed by atoms with Crippen molar-refractivity contribution in [2.45, 2.75) is 234 Å². The summed E-state index contributed by atoms with van der Waals surface area (Å²) in [5, 5.41) is 120. The molecule has 0 radical (unpaired) electrons. The maximum atomic E-state index is 13.3. The van der Waals surface area contributed by atoms with Crippen molar-refractivity contribution < 1.29 is 89.4 Å². The molecule has 17 unspecified atom stereocenters. The number of allylic oxidation sites excluding steroid dienone is 15. The second-order valence-electron chi connectivity index (χ2n) is 19.6. The summed E-state index contributed by atoms with van der Waals surface area (Å²) in [6.45, 7) is 1.47. The van der Waals surface area contributed by atoms with Gasteiger partial charge in [0.2, 0.25) is 5.91 Å². The molecule has 3 rings (SSSR count). The Morgan fingerprint density at radius 2 is 0.909 bits per heavy atom. The average Bonchev–Trinajstić information content (AvgIpc) is 3.42. The van der Waals surface area contributed by atoms with E-state index >= 15 is 0 Å². The summed E-state index contributed by atoms with van der Waals surface area (Å²) in [5.41, 5.74) is 0. The van der Waals surface area contributed by atoms with Crippen LogP contribution in [0, 0.1) is 0 Å². The Bertz CT molecular complexity index is 1780. The van der Waals surface area contributed by atoms with E-state index in [1.807, 2.05) is 0 Å². The Morgan fingerprint density at radius 3 is 1.43 bits per heavy atom. The third kappa shape index (κ3) is 25.4. The molecule has 3 saturated heterocycles. The third-order valence-electron chi connectivity index (χ3n) is 13.3. The van der Waals surface area contributed by atoms with Gasteiger partial charge in [-0.25, -0.2) is 0 Å². The van der Waals surface area contributed by atoms with E-state index in [-0.39, 0.29) is 12.3 Å². The lowest BCUT2D eigenvalue weighted by Crippen LogP contribution is -2.66. The van der Waals surface area contributed by atoms with Crippen LogP contribution < -0.4 is 5.32 Å². The largest absolute Gasteiger partial charge is 0.394 e. The lowest BCUT2D eigenvalue weighted by Gasteiger charge is -2.48. The SMILES string of the molecule is CC/C=C\C/C=C\C/C=C\C/C=C\C/C=C\CCCCCC(=O)NC(COC1OC(CO)C(OC2OC(CO)C(OC3OC(CO)C(O)C(O)C3O)C(O)C2O)C(O)C1O)C(O)/C=C/CC/C=C/CC/C=C/CCCCC. The van der Waals surface area contributed by atoms with E-state index in [0.717, 1.165) is 77.0 Å². The number of nitrogens with one attached hydrogen (secondary N) is 1. The minimum Gasteiger partial charge on any atom is -0.394 e. The van der Waals surface area contributed by atoms with Crippen LogP contribution in [-0.4, -0.2) is 193 Å². The zero-order chi connectivity index (χ0) is 56.2. The molecule has 12 N–H and O–H groups in total. The summed E-state index contributed by atoms with van der Waals surface area (Å²) < 4.78 is 34.1. The van der Waals surface area contributed by atoms with Gasteiger partial charge in [0, 0.05) is 6.42 Å². The first-order valence-electron chi connectivity index (χ1n) is 28.0. The second-order valence-corrected chi connectivity index (χ2v) is 19.6. The van der Waals surface area contributed by atoms with Gasteiger partial charge < -0.3 is 89.9 Å². The Labute approximate surface area is 456 Å². The molecule has 3 aliphatic heterocycles. The van der Waals surface area contributed by atoms with Crippen molar-refractivity contribution in [3.8, 4) is 0 Å². The molecule has 0 aliphatic carbocycles. The van der Waals surface area contributed by atoms with Gasteiger partial charge in [-0.05, 0) is 89.9 Å². The number of carbonyl (C=O) groups excluding carboxylic acids is 1. The normalized spacial score (nSPS) is 31.5. The van der Waals surface area contributed by atoms with Crippen LogP contribution in [0.3, 0.4) is 0 Å². The molecule has 19 nitrogen and oxygen atoms in total. The lowest BCUT2D eigenvalue weighted by molar-refractivity contribution is -0.379. The maximum absolute atomic E-state index is 13.3. The van der Waals surface area contributed by atoms with Crippen LogP contribution >= 0.6 is 0 Å². The lowest BCUT2D eigenvalue weighted by atomic mass is 9.96. The molecule has 3 fully saturated rings. The summed E-state index contributed by atoms with van der Waals surface area (Å²) >= 11 is 0. The Morgan fingerprint density at radius 1 is 0.481 bits per heavy atom. The van der Waals surface area contributed by atoms with Crippen LogP contribution in [0.15, 0.2) is 97.2 Å². The van der Waals surface area contributed by atoms with Gasteiger partial charge in [-0.15, -0.1) is 0 Å². The number of rotatable bonds is 38. The van der Waals surface area contributed by atoms with Gasteiger partial charge in [0.15, 0.2) is 18.9 Å². The van der Waals surface area contributed by atoms with Gasteiger partial charge in [-0.1, -0.05) is 130 Å². The van der Waals surface area contributed by atoms with Gasteiger partial charge in [-0.2, -0.15) is 0 Å². The maximum Gasteiger partial charge on any atom is 0.220 e. The molecular weight excluding hydrogens is 999 g/mol. The van der Waals surface area contributed by atoms with E-state index in [4.69, 9.17) is 28.4 Å². The van der Waals surface area contributed by atoms with Crippen molar-refractivity contribution in [2.75, 3.05) is 26.4 Å². The summed E-state index contributed by atoms with van der Waals surface area (Å²) in [6, 6.07) is -1.02. The molecule has 0 aromatic heterocycles. The Kier molecular flexibility index (Phi) is 36.0. The fourth-order valence-electron chi connectivity index (χ4n) is 8.72. The molecular formula is C58H95NO18. The van der Waals surface area contributed by atoms with Gasteiger partial charge in [0.25, 0.3) is 0 Å². The van der Waals surface area contributed by atoms with Crippen molar-refractivity contribution in [3.05, 3.63) is 97.2 Å². The monoisotopic (exact) mass is 1090 g/mol. The molecule has 0 spiro atoms. The van der Waals surface area contributed by atoms with E-state index in [1.54, 1.807) is 12.2 Å². The Hall–Kier alpha value is -3.29. The fraction of sp³-hybridized carbons (Fsp3) is 0.707. The minimum atomic E-state index is -1.99. The summed E-state index contributed by atoms with van der Waals surface area (Å²) in [4.78, 5) is 13.3. The molecule has 440 valence electrons. The van der Waals surface area contributed by atoms with E-state index in [2.05, 4.69) is 104 Å². The van der Waals surface area contributed by atoms with Crippen molar-refractivity contribution in [2.24, 2.45) is 0 Å². The van der Waals surface area contributed by atoms with E-state index < -0.39 is 131 Å². The number of hydrogen-bond donors (Lipinski definition) is 12. The molecule has 0 aromatic rings. The van der Waals surface area contributed by atoms with Gasteiger partial charge in [-0.3, -0.25) is 4.79 Å². The highest BCUT2D eigenvalue weighted by Gasteiger charge is 2.53. The molecule has 17 atom stereocenters. The average molecular weight is 1090 g/mol. The molecule has 0 bridgehead atoms. The van der Waals surface area contributed by atoms with Crippen LogP contribution in [0.2, 0.25) is 0 Å². The number of amides is 1. The highest BCUT2D eigenvalue weighted by Crippen LogP contribution is 2.33. The van der Waals surface area contributed by atoms with E-state index in [9.17, 15) is 61.0 Å². The molecule has 0 aromatic carbocycles. The number of unbranched alkanes of at least 4 members (excludes halogenated alkanes) is 8. The second kappa shape index (κ2) is 40.8. The van der Waals surface area contributed by atoms with Crippen LogP contribution in [0.25, 0.3) is 0 Å². The van der Waals surface area contributed by atoms with Gasteiger partial charge >= 0.3 is 0 Å². The topological polar surface area (TPSA) is 307 Å². The smallest absolute Gasteiger partial charge is 0.220 e. The Balaban J connectivity index is 1.55. The molecule has 3 heterocycles. The first-order valence-corrected chi connectivity index (χ1v) is 28.0. The number of ether oxygens (including phenoxy) is 6. The third-order valence-corrected chi connectivity index (χ3v) is 13.3. The van der Waals surface area contributed by atoms with Crippen LogP contribution in [0.4, 0.5) is 0 Å². The van der Waals surface area contributed by atoms with Crippen molar-refractivity contribution in [3.63, 3.8) is 0 Å². The first-order chi connectivity index (χ1) is 37.3. The molecule has 77 heavy (non-hydrogen) atoms. The van der Waals surface area contributed by atoms with Crippen LogP contribution in [0.5, 0.6) is 0 Å². The quantitative estimate of drug-likeness (QED) is 0.0309. The van der Waals surface area contributed by atoms with Crippen LogP contribution in [-0.2, 0) is 33.2 Å². The summed E-state index contributed by atoms with van der Waals surface area (Å²) in [6.07, 6.45) is 22.5. The van der Waals surface area contributed by atoms with E-state index in [1.165, 1.54) is 19.3 Å². The van der Waals surface area contributed by atoms with Crippen molar-refractivity contribution >= 4 is 5.91 Å². The van der Waals surface area contributed by atoms with Crippen molar-refractivity contribution in [1.82, 2.24) is 5.32 Å². The number of aliphatic hydroxyl groups is 11. The highest BCUT2D eigenvalue weighted by atomic mass is 16.8. The summed E-state index contributed by atoms with van der Waals surface area (Å²) in [7, 11) is 0. The van der Waals surface area contributed by atoms with Gasteiger partial charge in [0.05, 0.1) is 38.6 Å². The number of aliphatic hydroxyl groups excluding tert-OH is 11. The molecule has 1 amide bonds. The van der Waals surface area contributed by atoms with Crippen molar-refractivity contribution in [1.29, 1.82) is 0 Å². The number of carbonyl (C=O) groups is 1. The predicted octanol–water partition coefficient (Wildman–Crippen LogP) is 3.81. The van der Waals surface area contributed by atoms with Crippen LogP contribution in [0.1, 0.15) is 129 Å². The fourth-order valence-corrected chi connectivity index (χ4v) is 8.72. The molecule has 19 heteroatoms. The predicted molar refractivity (Wildman–Crippen MR) is 290 cm³/mol. The molecule has 0 saturated carbocycles.